The quantitative estimate of drug-likeness (QED) is 0.313. The number of para-hydroxylation sites is 2. The fraction of sp³-hybridized carbons (Fsp3) is 0.125. The Morgan fingerprint density at radius 3 is 2.45 bits per heavy atom. The normalized spacial score (nSPS) is 11.8. The van der Waals surface area contributed by atoms with Gasteiger partial charge in [0.1, 0.15) is 12.4 Å². The number of sulfonamides is 1. The highest BCUT2D eigenvalue weighted by Crippen LogP contribution is 2.14. The van der Waals surface area contributed by atoms with Crippen molar-refractivity contribution in [3.05, 3.63) is 95.7 Å². The van der Waals surface area contributed by atoms with Crippen LogP contribution in [0.2, 0.25) is 0 Å². The number of ether oxygens (including phenoxy) is 1. The lowest BCUT2D eigenvalue weighted by atomic mass is 10.2. The van der Waals surface area contributed by atoms with Gasteiger partial charge in [0, 0.05) is 6.08 Å². The molecule has 0 amide bonds. The van der Waals surface area contributed by atoms with E-state index in [1.54, 1.807) is 30.3 Å². The zero-order valence-electron chi connectivity index (χ0n) is 17.8. The van der Waals surface area contributed by atoms with E-state index in [4.69, 9.17) is 9.15 Å². The van der Waals surface area contributed by atoms with Gasteiger partial charge in [0.25, 0.3) is 0 Å². The first-order chi connectivity index (χ1) is 15.9. The summed E-state index contributed by atoms with van der Waals surface area (Å²) in [5, 5.41) is 0. The Morgan fingerprint density at radius 2 is 1.76 bits per heavy atom. The van der Waals surface area contributed by atoms with E-state index in [0.29, 0.717) is 22.7 Å². The number of nitrogens with zero attached hydrogens (tertiary/aromatic N) is 2. The highest BCUT2D eigenvalue weighted by Gasteiger charge is 2.14. The van der Waals surface area contributed by atoms with E-state index in [9.17, 15) is 13.2 Å². The number of esters is 1. The number of fused-ring (bicyclic) bond motifs is 1. The lowest BCUT2D eigenvalue weighted by molar-refractivity contribution is -0.139. The standard InChI is InChI=1S/C24H21N3O5S/c1-17-23(27-22-7-3-2-6-21(22)26-17)16-32-24(28)13-10-18-8-11-20(12-9-18)33(29,30)25-15-19-5-4-14-31-19/h2-14,25H,15-16H2,1H3/b13-10+. The molecular weight excluding hydrogens is 442 g/mol. The zero-order chi connectivity index (χ0) is 23.3. The Kier molecular flexibility index (Phi) is 6.62. The summed E-state index contributed by atoms with van der Waals surface area (Å²) >= 11 is 0. The molecule has 2 aromatic carbocycles. The SMILES string of the molecule is Cc1nc2ccccc2nc1COC(=O)/C=C/c1ccc(S(=O)(=O)NCc2ccco2)cc1. The molecule has 0 atom stereocenters. The second-order valence-corrected chi connectivity index (χ2v) is 8.93. The van der Waals surface area contributed by atoms with Gasteiger partial charge >= 0.3 is 5.97 Å². The molecule has 0 saturated carbocycles. The van der Waals surface area contributed by atoms with Gasteiger partial charge in [-0.1, -0.05) is 24.3 Å². The maximum Gasteiger partial charge on any atom is 0.331 e. The van der Waals surface area contributed by atoms with E-state index in [-0.39, 0.29) is 18.0 Å². The number of rotatable bonds is 8. The van der Waals surface area contributed by atoms with E-state index < -0.39 is 16.0 Å². The maximum atomic E-state index is 12.4. The molecule has 2 aromatic heterocycles. The summed E-state index contributed by atoms with van der Waals surface area (Å²) in [6.45, 7) is 1.88. The highest BCUT2D eigenvalue weighted by atomic mass is 32.2. The zero-order valence-corrected chi connectivity index (χ0v) is 18.6. The highest BCUT2D eigenvalue weighted by molar-refractivity contribution is 7.89. The van der Waals surface area contributed by atoms with Crippen molar-refractivity contribution in [3.8, 4) is 0 Å². The van der Waals surface area contributed by atoms with E-state index in [0.717, 1.165) is 11.0 Å². The van der Waals surface area contributed by atoms with Crippen LogP contribution in [0.25, 0.3) is 17.1 Å². The maximum absolute atomic E-state index is 12.4. The first kappa shape index (κ1) is 22.4. The van der Waals surface area contributed by atoms with Crippen molar-refractivity contribution in [2.75, 3.05) is 0 Å². The molecule has 0 radical (unpaired) electrons. The van der Waals surface area contributed by atoms with Gasteiger partial charge in [-0.25, -0.2) is 27.9 Å². The molecular formula is C24H21N3O5S. The van der Waals surface area contributed by atoms with Crippen LogP contribution >= 0.6 is 0 Å². The summed E-state index contributed by atoms with van der Waals surface area (Å²) in [4.78, 5) is 21.2. The lowest BCUT2D eigenvalue weighted by Crippen LogP contribution is -2.22. The molecule has 0 bridgehead atoms. The molecule has 9 heteroatoms. The number of furan rings is 1. The number of benzene rings is 2. The van der Waals surface area contributed by atoms with Crippen LogP contribution in [0.1, 0.15) is 22.7 Å². The largest absolute Gasteiger partial charge is 0.468 e. The van der Waals surface area contributed by atoms with Crippen molar-refractivity contribution in [1.82, 2.24) is 14.7 Å². The minimum Gasteiger partial charge on any atom is -0.468 e. The predicted molar refractivity (Wildman–Crippen MR) is 122 cm³/mol. The average molecular weight is 464 g/mol. The minimum absolute atomic E-state index is 0.00532. The Bertz CT molecular complexity index is 1400. The number of aromatic nitrogens is 2. The molecule has 168 valence electrons. The molecule has 0 spiro atoms. The smallest absolute Gasteiger partial charge is 0.331 e. The number of hydrogen-bond acceptors (Lipinski definition) is 7. The third-order valence-corrected chi connectivity index (χ3v) is 6.23. The molecule has 8 nitrogen and oxygen atoms in total. The molecule has 0 fully saturated rings. The van der Waals surface area contributed by atoms with E-state index >= 15 is 0 Å². The minimum atomic E-state index is -3.68. The summed E-state index contributed by atoms with van der Waals surface area (Å²) < 4.78 is 37.6. The molecule has 0 aliphatic carbocycles. The molecule has 33 heavy (non-hydrogen) atoms. The van der Waals surface area contributed by atoms with Crippen LogP contribution in [0.4, 0.5) is 0 Å². The average Bonchev–Trinajstić information content (AvgIpc) is 3.34. The second-order valence-electron chi connectivity index (χ2n) is 7.16. The van der Waals surface area contributed by atoms with Crippen LogP contribution in [0.3, 0.4) is 0 Å². The first-order valence-corrected chi connectivity index (χ1v) is 11.6. The fourth-order valence-electron chi connectivity index (χ4n) is 3.03. The third kappa shape index (κ3) is 5.71. The van der Waals surface area contributed by atoms with Gasteiger partial charge < -0.3 is 9.15 Å². The second kappa shape index (κ2) is 9.76. The number of carbonyl (C=O) groups is 1. The van der Waals surface area contributed by atoms with E-state index in [1.807, 2.05) is 31.2 Å². The van der Waals surface area contributed by atoms with Gasteiger partial charge in [0.05, 0.1) is 40.1 Å². The number of carbonyl (C=O) groups excluding carboxylic acids is 1. The van der Waals surface area contributed by atoms with Crippen LogP contribution in [-0.2, 0) is 32.7 Å². The van der Waals surface area contributed by atoms with Gasteiger partial charge in [-0.3, -0.25) is 0 Å². The molecule has 0 aliphatic rings. The molecule has 2 heterocycles. The van der Waals surface area contributed by atoms with Crippen LogP contribution in [-0.4, -0.2) is 24.4 Å². The Balaban J connectivity index is 1.34. The number of aryl methyl sites for hydroxylation is 1. The van der Waals surface area contributed by atoms with Gasteiger partial charge in [0.15, 0.2) is 0 Å². The molecule has 4 aromatic rings. The molecule has 0 unspecified atom stereocenters. The van der Waals surface area contributed by atoms with Crippen molar-refractivity contribution >= 4 is 33.1 Å². The predicted octanol–water partition coefficient (Wildman–Crippen LogP) is 3.77. The first-order valence-electron chi connectivity index (χ1n) is 10.1. The molecule has 4 rings (SSSR count). The molecule has 0 aliphatic heterocycles. The van der Waals surface area contributed by atoms with Gasteiger partial charge in [0.2, 0.25) is 10.0 Å². The summed E-state index contributed by atoms with van der Waals surface area (Å²) in [5.41, 5.74) is 3.46. The van der Waals surface area contributed by atoms with Crippen LogP contribution in [0.15, 0.2) is 82.3 Å². The van der Waals surface area contributed by atoms with E-state index in [1.165, 1.54) is 24.5 Å². The Labute approximate surface area is 191 Å². The third-order valence-electron chi connectivity index (χ3n) is 4.81. The molecule has 1 N–H and O–H groups in total. The summed E-state index contributed by atoms with van der Waals surface area (Å²) in [5.74, 6) is -0.0253. The Hall–Kier alpha value is -3.82. The van der Waals surface area contributed by atoms with Crippen molar-refractivity contribution in [2.24, 2.45) is 0 Å². The molecule has 0 saturated heterocycles. The van der Waals surface area contributed by atoms with Gasteiger partial charge in [-0.15, -0.1) is 0 Å². The van der Waals surface area contributed by atoms with E-state index in [2.05, 4.69) is 14.7 Å². The summed E-state index contributed by atoms with van der Waals surface area (Å²) in [6.07, 6.45) is 4.31. The van der Waals surface area contributed by atoms with Crippen LogP contribution < -0.4 is 4.72 Å². The fourth-order valence-corrected chi connectivity index (χ4v) is 4.03. The van der Waals surface area contributed by atoms with Gasteiger partial charge in [-0.2, -0.15) is 0 Å². The summed E-state index contributed by atoms with van der Waals surface area (Å²) in [7, 11) is -3.68. The van der Waals surface area contributed by atoms with Crippen LogP contribution in [0, 0.1) is 6.92 Å². The monoisotopic (exact) mass is 463 g/mol. The van der Waals surface area contributed by atoms with Crippen molar-refractivity contribution in [3.63, 3.8) is 0 Å². The van der Waals surface area contributed by atoms with Gasteiger partial charge in [-0.05, 0) is 55.0 Å². The van der Waals surface area contributed by atoms with Crippen molar-refractivity contribution in [1.29, 1.82) is 0 Å². The van der Waals surface area contributed by atoms with Crippen molar-refractivity contribution in [2.45, 2.75) is 25.0 Å². The number of nitrogens with one attached hydrogen (secondary N) is 1. The lowest BCUT2D eigenvalue weighted by Gasteiger charge is -2.07. The van der Waals surface area contributed by atoms with Crippen molar-refractivity contribution < 1.29 is 22.4 Å². The van der Waals surface area contributed by atoms with Crippen LogP contribution in [0.5, 0.6) is 0 Å². The number of hydrogen-bond donors (Lipinski definition) is 1. The Morgan fingerprint density at radius 1 is 1.03 bits per heavy atom. The topological polar surface area (TPSA) is 111 Å². The summed E-state index contributed by atoms with van der Waals surface area (Å²) in [6, 6.07) is 17.0.